The van der Waals surface area contributed by atoms with Crippen LogP contribution in [-0.4, -0.2) is 9.55 Å². The van der Waals surface area contributed by atoms with E-state index in [0.29, 0.717) is 28.5 Å². The average molecular weight is 404 g/mol. The van der Waals surface area contributed by atoms with E-state index in [0.717, 1.165) is 34.1 Å². The van der Waals surface area contributed by atoms with Crippen molar-refractivity contribution in [2.75, 3.05) is 0 Å². The van der Waals surface area contributed by atoms with Crippen LogP contribution in [0.2, 0.25) is 0 Å². The first-order valence-electron chi connectivity index (χ1n) is 7.44. The fraction of sp³-hybridized carbons (Fsp3) is 0.176. The summed E-state index contributed by atoms with van der Waals surface area (Å²) in [5.74, 6) is 0. The van der Waals surface area contributed by atoms with Gasteiger partial charge in [0.2, 0.25) is 0 Å². The van der Waals surface area contributed by atoms with Gasteiger partial charge < -0.3 is 4.57 Å². The molecule has 3 rings (SSSR count). The first kappa shape index (κ1) is 19.2. The SMILES string of the molecule is O=c1ccc(C(F)(F)F)cn1Cc1csc(-c2ccc(C(F)(F)F)cc2)n1. The molecule has 3 nitrogen and oxygen atoms in total. The van der Waals surface area contributed by atoms with Gasteiger partial charge in [-0.2, -0.15) is 26.3 Å². The van der Waals surface area contributed by atoms with Crippen LogP contribution in [0.3, 0.4) is 0 Å². The molecule has 0 aliphatic rings. The molecule has 10 heteroatoms. The number of benzene rings is 1. The first-order chi connectivity index (χ1) is 12.5. The van der Waals surface area contributed by atoms with Crippen molar-refractivity contribution in [1.29, 1.82) is 0 Å². The Balaban J connectivity index is 1.84. The van der Waals surface area contributed by atoms with Crippen LogP contribution in [0, 0.1) is 0 Å². The van der Waals surface area contributed by atoms with E-state index in [4.69, 9.17) is 0 Å². The van der Waals surface area contributed by atoms with Crippen LogP contribution in [0.1, 0.15) is 16.8 Å². The van der Waals surface area contributed by atoms with Gasteiger partial charge in [0.1, 0.15) is 5.01 Å². The predicted octanol–water partition coefficient (Wildman–Crippen LogP) is 5.06. The Morgan fingerprint density at radius 3 is 2.07 bits per heavy atom. The van der Waals surface area contributed by atoms with Gasteiger partial charge in [-0.15, -0.1) is 11.3 Å². The van der Waals surface area contributed by atoms with Gasteiger partial charge in [0.15, 0.2) is 0 Å². The highest BCUT2D eigenvalue weighted by Crippen LogP contribution is 2.32. The normalized spacial score (nSPS) is 12.4. The smallest absolute Gasteiger partial charge is 0.309 e. The number of halogens is 6. The van der Waals surface area contributed by atoms with E-state index in [2.05, 4.69) is 4.98 Å². The highest BCUT2D eigenvalue weighted by atomic mass is 32.1. The number of thiazole rings is 1. The van der Waals surface area contributed by atoms with Crippen LogP contribution in [0.5, 0.6) is 0 Å². The highest BCUT2D eigenvalue weighted by Gasteiger charge is 2.31. The highest BCUT2D eigenvalue weighted by molar-refractivity contribution is 7.13. The van der Waals surface area contributed by atoms with Crippen LogP contribution in [-0.2, 0) is 18.9 Å². The summed E-state index contributed by atoms with van der Waals surface area (Å²) in [5.41, 5.74) is -1.60. The van der Waals surface area contributed by atoms with E-state index in [1.54, 1.807) is 5.38 Å². The zero-order chi connectivity index (χ0) is 19.8. The van der Waals surface area contributed by atoms with Crippen molar-refractivity contribution in [3.63, 3.8) is 0 Å². The maximum absolute atomic E-state index is 12.8. The third-order valence-electron chi connectivity index (χ3n) is 3.65. The lowest BCUT2D eigenvalue weighted by atomic mass is 10.1. The minimum Gasteiger partial charge on any atom is -0.309 e. The summed E-state index contributed by atoms with van der Waals surface area (Å²) in [7, 11) is 0. The molecule has 142 valence electrons. The molecule has 0 aliphatic heterocycles. The fourth-order valence-corrected chi connectivity index (χ4v) is 3.13. The zero-order valence-electron chi connectivity index (χ0n) is 13.3. The second-order valence-electron chi connectivity index (χ2n) is 5.60. The van der Waals surface area contributed by atoms with Crippen LogP contribution in [0.25, 0.3) is 10.6 Å². The molecule has 0 aliphatic carbocycles. The lowest BCUT2D eigenvalue weighted by molar-refractivity contribution is -0.138. The van der Waals surface area contributed by atoms with E-state index in [-0.39, 0.29) is 6.54 Å². The molecular weight excluding hydrogens is 394 g/mol. The van der Waals surface area contributed by atoms with Gasteiger partial charge in [0.25, 0.3) is 5.56 Å². The number of nitrogens with zero attached hydrogens (tertiary/aromatic N) is 2. The summed E-state index contributed by atoms with van der Waals surface area (Å²) in [6.07, 6.45) is -8.32. The molecule has 2 heterocycles. The number of alkyl halides is 6. The van der Waals surface area contributed by atoms with Crippen molar-refractivity contribution in [3.05, 3.63) is 75.1 Å². The van der Waals surface area contributed by atoms with Crippen molar-refractivity contribution in [1.82, 2.24) is 9.55 Å². The third-order valence-corrected chi connectivity index (χ3v) is 4.59. The van der Waals surface area contributed by atoms with Crippen LogP contribution >= 0.6 is 11.3 Å². The molecule has 0 saturated heterocycles. The largest absolute Gasteiger partial charge is 0.417 e. The molecule has 0 radical (unpaired) electrons. The Morgan fingerprint density at radius 1 is 0.889 bits per heavy atom. The van der Waals surface area contributed by atoms with Crippen molar-refractivity contribution in [2.24, 2.45) is 0 Å². The Bertz CT molecular complexity index is 1000. The van der Waals surface area contributed by atoms with E-state index in [9.17, 15) is 31.1 Å². The Hall–Kier alpha value is -2.62. The van der Waals surface area contributed by atoms with E-state index in [1.807, 2.05) is 0 Å². The number of pyridine rings is 1. The Kier molecular flexibility index (Phi) is 4.85. The van der Waals surface area contributed by atoms with Gasteiger partial charge in [-0.1, -0.05) is 12.1 Å². The van der Waals surface area contributed by atoms with Crippen LogP contribution in [0.15, 0.2) is 52.8 Å². The monoisotopic (exact) mass is 404 g/mol. The lowest BCUT2D eigenvalue weighted by Gasteiger charge is -2.09. The topological polar surface area (TPSA) is 34.9 Å². The van der Waals surface area contributed by atoms with Crippen molar-refractivity contribution in [3.8, 4) is 10.6 Å². The van der Waals surface area contributed by atoms with E-state index in [1.165, 1.54) is 12.1 Å². The number of hydrogen-bond donors (Lipinski definition) is 0. The summed E-state index contributed by atoms with van der Waals surface area (Å²) in [6, 6.07) is 5.91. The molecule has 1 aromatic carbocycles. The summed E-state index contributed by atoms with van der Waals surface area (Å²) in [5, 5.41) is 1.94. The second kappa shape index (κ2) is 6.84. The van der Waals surface area contributed by atoms with Gasteiger partial charge in [-0.25, -0.2) is 4.98 Å². The van der Waals surface area contributed by atoms with Gasteiger partial charge in [-0.3, -0.25) is 4.79 Å². The number of rotatable bonds is 3. The zero-order valence-corrected chi connectivity index (χ0v) is 14.1. The first-order valence-corrected chi connectivity index (χ1v) is 8.32. The number of aromatic nitrogens is 2. The van der Waals surface area contributed by atoms with Gasteiger partial charge in [-0.05, 0) is 18.2 Å². The third kappa shape index (κ3) is 4.38. The summed E-state index contributed by atoms with van der Waals surface area (Å²) in [6.45, 7) is -0.181. The summed E-state index contributed by atoms with van der Waals surface area (Å²) < 4.78 is 77.0. The van der Waals surface area contributed by atoms with Crippen molar-refractivity contribution in [2.45, 2.75) is 18.9 Å². The molecule has 0 amide bonds. The Morgan fingerprint density at radius 2 is 1.48 bits per heavy atom. The standard InChI is InChI=1S/C17H10F6N2OS/c18-16(19,20)11-3-1-10(2-4-11)15-24-13(9-27-15)8-25-7-12(17(21,22)23)5-6-14(25)26/h1-7,9H,8H2. The summed E-state index contributed by atoms with van der Waals surface area (Å²) >= 11 is 1.12. The minimum atomic E-state index is -4.58. The minimum absolute atomic E-state index is 0.181. The molecule has 27 heavy (non-hydrogen) atoms. The molecule has 0 atom stereocenters. The second-order valence-corrected chi connectivity index (χ2v) is 6.46. The molecule has 0 fully saturated rings. The molecule has 2 aromatic heterocycles. The van der Waals surface area contributed by atoms with Gasteiger partial charge in [0, 0.05) is 23.2 Å². The van der Waals surface area contributed by atoms with Crippen molar-refractivity contribution < 1.29 is 26.3 Å². The van der Waals surface area contributed by atoms with Gasteiger partial charge >= 0.3 is 12.4 Å². The number of hydrogen-bond acceptors (Lipinski definition) is 3. The van der Waals surface area contributed by atoms with Crippen LogP contribution in [0.4, 0.5) is 26.3 Å². The summed E-state index contributed by atoms with van der Waals surface area (Å²) in [4.78, 5) is 16.0. The molecule has 0 saturated carbocycles. The Labute approximate surface area is 152 Å². The molecule has 0 spiro atoms. The maximum Gasteiger partial charge on any atom is 0.417 e. The maximum atomic E-state index is 12.8. The van der Waals surface area contributed by atoms with Crippen molar-refractivity contribution >= 4 is 11.3 Å². The average Bonchev–Trinajstić information content (AvgIpc) is 3.04. The predicted molar refractivity (Wildman–Crippen MR) is 87.4 cm³/mol. The quantitative estimate of drug-likeness (QED) is 0.572. The molecular formula is C17H10F6N2OS. The molecule has 0 N–H and O–H groups in total. The molecule has 3 aromatic rings. The fourth-order valence-electron chi connectivity index (χ4n) is 2.31. The van der Waals surface area contributed by atoms with E-state index < -0.39 is 29.0 Å². The molecule has 0 bridgehead atoms. The van der Waals surface area contributed by atoms with Gasteiger partial charge in [0.05, 0.1) is 23.4 Å². The van der Waals surface area contributed by atoms with E-state index >= 15 is 0 Å². The van der Waals surface area contributed by atoms with Crippen LogP contribution < -0.4 is 5.56 Å². The lowest BCUT2D eigenvalue weighted by Crippen LogP contribution is -2.22. The molecule has 0 unspecified atom stereocenters.